The molecule has 2 saturated heterocycles. The van der Waals surface area contributed by atoms with Gasteiger partial charge in [-0.15, -0.1) is 0 Å². The summed E-state index contributed by atoms with van der Waals surface area (Å²) >= 11 is 0. The molecule has 0 aromatic rings. The Hall–Kier alpha value is -0.0400. The fourth-order valence-corrected chi connectivity index (χ4v) is 8.50. The number of fused-ring (bicyclic) bond motifs is 6. The molecule has 174 valence electrons. The Labute approximate surface area is 189 Å². The van der Waals surface area contributed by atoms with Gasteiger partial charge in [-0.3, -0.25) is 4.90 Å². The maximum Gasteiger partial charge on any atom is 0.0247 e. The zero-order valence-electron chi connectivity index (χ0n) is 21.1. The van der Waals surface area contributed by atoms with Gasteiger partial charge in [0.2, 0.25) is 0 Å². The topological polar surface area (TPSA) is 3.24 Å². The summed E-state index contributed by atoms with van der Waals surface area (Å²) in [4.78, 5) is 3.12. The van der Waals surface area contributed by atoms with Gasteiger partial charge < -0.3 is 0 Å². The Morgan fingerprint density at radius 2 is 1.17 bits per heavy atom. The van der Waals surface area contributed by atoms with Gasteiger partial charge in [0.15, 0.2) is 0 Å². The zero-order chi connectivity index (χ0) is 21.2. The van der Waals surface area contributed by atoms with E-state index in [0.717, 1.165) is 29.7 Å². The third kappa shape index (κ3) is 4.67. The molecule has 0 spiro atoms. The SMILES string of the molecule is CC1CCCCCCC2C3CCCC(C)CCCCN3C3(C)CC3(C)C2CCCC1. The van der Waals surface area contributed by atoms with E-state index < -0.39 is 0 Å². The standard InChI is InChI=1S/C29H53N/c1-23-14-7-5-6-8-18-25-26(19-10-9-15-23)28(3)22-29(28,4)30-21-12-11-16-24(2)17-13-20-27(25)30/h23-27H,5-22H2,1-4H3. The number of nitrogens with zero attached hydrogens (tertiary/aromatic N) is 1. The molecule has 0 radical (unpaired) electrons. The minimum Gasteiger partial charge on any atom is -0.294 e. The smallest absolute Gasteiger partial charge is 0.0247 e. The van der Waals surface area contributed by atoms with Gasteiger partial charge in [0, 0.05) is 11.6 Å². The molecule has 2 aliphatic carbocycles. The Kier molecular flexibility index (Phi) is 7.59. The number of rotatable bonds is 0. The summed E-state index contributed by atoms with van der Waals surface area (Å²) in [5, 5.41) is 0. The molecule has 0 N–H and O–H groups in total. The molecule has 0 bridgehead atoms. The van der Waals surface area contributed by atoms with Crippen LogP contribution >= 0.6 is 0 Å². The summed E-state index contributed by atoms with van der Waals surface area (Å²) in [5.74, 6) is 3.91. The van der Waals surface area contributed by atoms with Crippen LogP contribution in [0.4, 0.5) is 0 Å². The largest absolute Gasteiger partial charge is 0.294 e. The first-order chi connectivity index (χ1) is 14.5. The number of piperidine rings is 1. The summed E-state index contributed by atoms with van der Waals surface area (Å²) < 4.78 is 0. The summed E-state index contributed by atoms with van der Waals surface area (Å²) in [7, 11) is 0. The maximum absolute atomic E-state index is 3.12. The van der Waals surface area contributed by atoms with Crippen LogP contribution in [0, 0.1) is 29.1 Å². The predicted molar refractivity (Wildman–Crippen MR) is 131 cm³/mol. The summed E-state index contributed by atoms with van der Waals surface area (Å²) in [5.41, 5.74) is 1.13. The van der Waals surface area contributed by atoms with Crippen LogP contribution in [0.5, 0.6) is 0 Å². The Morgan fingerprint density at radius 1 is 0.600 bits per heavy atom. The van der Waals surface area contributed by atoms with Gasteiger partial charge >= 0.3 is 0 Å². The first-order valence-electron chi connectivity index (χ1n) is 14.2. The summed E-state index contributed by atoms with van der Waals surface area (Å²) in [6.07, 6.45) is 25.3. The van der Waals surface area contributed by atoms with E-state index in [0.29, 0.717) is 11.0 Å². The highest BCUT2D eigenvalue weighted by Gasteiger charge is 2.72. The fraction of sp³-hybridized carbons (Fsp3) is 1.00. The van der Waals surface area contributed by atoms with Gasteiger partial charge in [-0.05, 0) is 74.7 Å². The average molecular weight is 416 g/mol. The lowest BCUT2D eigenvalue weighted by molar-refractivity contribution is -0.0471. The van der Waals surface area contributed by atoms with Crippen molar-refractivity contribution < 1.29 is 0 Å². The second-order valence-corrected chi connectivity index (χ2v) is 12.8. The van der Waals surface area contributed by atoms with Crippen molar-refractivity contribution >= 4 is 0 Å². The van der Waals surface area contributed by atoms with Crippen molar-refractivity contribution in [2.45, 2.75) is 148 Å². The van der Waals surface area contributed by atoms with Crippen LogP contribution in [0.25, 0.3) is 0 Å². The summed E-state index contributed by atoms with van der Waals surface area (Å²) in [6, 6.07) is 0.893. The Morgan fingerprint density at radius 3 is 1.90 bits per heavy atom. The minimum absolute atomic E-state index is 0.519. The molecule has 7 unspecified atom stereocenters. The highest BCUT2D eigenvalue weighted by molar-refractivity contribution is 5.25. The molecule has 2 saturated carbocycles. The molecular weight excluding hydrogens is 362 g/mol. The van der Waals surface area contributed by atoms with Crippen LogP contribution in [0.3, 0.4) is 0 Å². The molecule has 1 heteroatoms. The average Bonchev–Trinajstić information content (AvgIpc) is 3.29. The molecule has 0 amide bonds. The first-order valence-corrected chi connectivity index (χ1v) is 14.2. The lowest BCUT2D eigenvalue weighted by atomic mass is 9.65. The van der Waals surface area contributed by atoms with E-state index >= 15 is 0 Å². The Bertz CT molecular complexity index is 542. The molecule has 30 heavy (non-hydrogen) atoms. The van der Waals surface area contributed by atoms with Crippen LogP contribution in [0.2, 0.25) is 0 Å². The van der Waals surface area contributed by atoms with E-state index in [9.17, 15) is 0 Å². The summed E-state index contributed by atoms with van der Waals surface area (Å²) in [6.45, 7) is 11.8. The van der Waals surface area contributed by atoms with Crippen molar-refractivity contribution in [1.82, 2.24) is 4.90 Å². The van der Waals surface area contributed by atoms with Crippen molar-refractivity contribution in [3.05, 3.63) is 0 Å². The third-order valence-corrected chi connectivity index (χ3v) is 10.7. The van der Waals surface area contributed by atoms with Crippen molar-refractivity contribution in [2.75, 3.05) is 6.54 Å². The van der Waals surface area contributed by atoms with Crippen molar-refractivity contribution in [3.8, 4) is 0 Å². The van der Waals surface area contributed by atoms with Crippen molar-refractivity contribution in [1.29, 1.82) is 0 Å². The minimum atomic E-state index is 0.519. The van der Waals surface area contributed by atoms with Gasteiger partial charge in [-0.2, -0.15) is 0 Å². The van der Waals surface area contributed by atoms with Crippen LogP contribution in [-0.2, 0) is 0 Å². The normalized spacial score (nSPS) is 47.4. The maximum atomic E-state index is 3.12. The van der Waals surface area contributed by atoms with Gasteiger partial charge in [0.05, 0.1) is 0 Å². The van der Waals surface area contributed by atoms with Gasteiger partial charge in [-0.1, -0.05) is 97.8 Å². The predicted octanol–water partition coefficient (Wildman–Crippen LogP) is 8.61. The highest BCUT2D eigenvalue weighted by Crippen LogP contribution is 2.71. The second kappa shape index (κ2) is 9.84. The molecule has 7 atom stereocenters. The van der Waals surface area contributed by atoms with Crippen molar-refractivity contribution in [3.63, 3.8) is 0 Å². The lowest BCUT2D eigenvalue weighted by Gasteiger charge is -2.53. The molecule has 1 nitrogen and oxygen atoms in total. The lowest BCUT2D eigenvalue weighted by Crippen LogP contribution is -2.58. The van der Waals surface area contributed by atoms with E-state index in [4.69, 9.17) is 0 Å². The third-order valence-electron chi connectivity index (χ3n) is 10.7. The quantitative estimate of drug-likeness (QED) is 0.383. The van der Waals surface area contributed by atoms with Crippen molar-refractivity contribution in [2.24, 2.45) is 29.1 Å². The molecule has 2 heterocycles. The van der Waals surface area contributed by atoms with Gasteiger partial charge in [0.1, 0.15) is 0 Å². The molecule has 4 aliphatic rings. The van der Waals surface area contributed by atoms with Crippen LogP contribution in [-0.4, -0.2) is 23.0 Å². The number of hydrogen-bond donors (Lipinski definition) is 0. The number of hydrogen-bond acceptors (Lipinski definition) is 1. The Balaban J connectivity index is 1.55. The molecule has 2 aliphatic heterocycles. The monoisotopic (exact) mass is 415 g/mol. The van der Waals surface area contributed by atoms with Gasteiger partial charge in [0.25, 0.3) is 0 Å². The molecular formula is C29H53N. The molecule has 0 aromatic heterocycles. The zero-order valence-corrected chi connectivity index (χ0v) is 21.1. The van der Waals surface area contributed by atoms with Crippen LogP contribution in [0.15, 0.2) is 0 Å². The fourth-order valence-electron chi connectivity index (χ4n) is 8.50. The highest BCUT2D eigenvalue weighted by atomic mass is 15.3. The van der Waals surface area contributed by atoms with Crippen LogP contribution in [0.1, 0.15) is 137 Å². The molecule has 4 rings (SSSR count). The van der Waals surface area contributed by atoms with E-state index in [1.54, 1.807) is 0 Å². The van der Waals surface area contributed by atoms with Crippen LogP contribution < -0.4 is 0 Å². The van der Waals surface area contributed by atoms with E-state index in [-0.39, 0.29) is 0 Å². The van der Waals surface area contributed by atoms with E-state index in [1.807, 2.05) is 0 Å². The molecule has 0 aromatic carbocycles. The van der Waals surface area contributed by atoms with E-state index in [1.165, 1.54) is 116 Å². The van der Waals surface area contributed by atoms with Gasteiger partial charge in [-0.25, -0.2) is 0 Å². The second-order valence-electron chi connectivity index (χ2n) is 12.8. The van der Waals surface area contributed by atoms with E-state index in [2.05, 4.69) is 32.6 Å². The molecule has 4 fully saturated rings. The first kappa shape index (κ1) is 23.1.